The Bertz CT molecular complexity index is 1070. The lowest BCUT2D eigenvalue weighted by molar-refractivity contribution is -0.201. The summed E-state index contributed by atoms with van der Waals surface area (Å²) in [6.45, 7) is 0. The van der Waals surface area contributed by atoms with Gasteiger partial charge in [-0.05, 0) is 6.07 Å². The number of ether oxygens (including phenoxy) is 2. The summed E-state index contributed by atoms with van der Waals surface area (Å²) >= 11 is 0. The van der Waals surface area contributed by atoms with E-state index in [1.54, 1.807) is 18.2 Å². The summed E-state index contributed by atoms with van der Waals surface area (Å²) in [7, 11) is 1.17. The van der Waals surface area contributed by atoms with Crippen LogP contribution in [0.4, 0.5) is 13.2 Å². The van der Waals surface area contributed by atoms with Crippen molar-refractivity contribution in [1.82, 2.24) is 14.8 Å². The molecular weight excluding hydrogens is 379 g/mol. The second-order valence-electron chi connectivity index (χ2n) is 6.36. The first kappa shape index (κ1) is 18.1. The van der Waals surface area contributed by atoms with E-state index in [0.717, 1.165) is 0 Å². The van der Waals surface area contributed by atoms with E-state index in [-0.39, 0.29) is 22.6 Å². The van der Waals surface area contributed by atoms with Gasteiger partial charge in [0.1, 0.15) is 17.0 Å². The third-order valence-electron chi connectivity index (χ3n) is 4.70. The van der Waals surface area contributed by atoms with Crippen LogP contribution in [0.1, 0.15) is 28.4 Å². The van der Waals surface area contributed by atoms with Gasteiger partial charge in [0, 0.05) is 24.4 Å². The van der Waals surface area contributed by atoms with Gasteiger partial charge in [-0.25, -0.2) is 9.89 Å². The second-order valence-corrected chi connectivity index (χ2v) is 6.36. The molecule has 3 aliphatic rings. The number of halogens is 3. The monoisotopic (exact) mass is 393 g/mol. The maximum atomic E-state index is 13.4. The van der Waals surface area contributed by atoms with Crippen LogP contribution in [-0.2, 0) is 4.74 Å². The molecule has 0 spiro atoms. The van der Waals surface area contributed by atoms with Crippen LogP contribution in [0.25, 0.3) is 11.3 Å². The van der Waals surface area contributed by atoms with Crippen molar-refractivity contribution in [1.29, 1.82) is 0 Å². The van der Waals surface area contributed by atoms with Gasteiger partial charge in [0.05, 0.1) is 18.7 Å². The van der Waals surface area contributed by atoms with Crippen LogP contribution >= 0.6 is 0 Å². The number of nitrogens with one attached hydrogen (secondary N) is 1. The van der Waals surface area contributed by atoms with Crippen LogP contribution in [0.5, 0.6) is 5.75 Å². The predicted octanol–water partition coefficient (Wildman–Crippen LogP) is 2.77. The van der Waals surface area contributed by atoms with Gasteiger partial charge < -0.3 is 14.0 Å². The summed E-state index contributed by atoms with van der Waals surface area (Å²) in [6.07, 6.45) is -4.28. The number of fused-ring (bicyclic) bond motifs is 2. The fourth-order valence-corrected chi connectivity index (χ4v) is 3.37. The highest BCUT2D eigenvalue weighted by Gasteiger charge is 2.46. The summed E-state index contributed by atoms with van der Waals surface area (Å²) in [6, 6.07) is 5.56. The normalized spacial score (nSPS) is 19.1. The van der Waals surface area contributed by atoms with Gasteiger partial charge in [0.25, 0.3) is 5.56 Å². The number of aromatic nitrogens is 3. The Morgan fingerprint density at radius 2 is 2.07 bits per heavy atom. The summed E-state index contributed by atoms with van der Waals surface area (Å²) in [4.78, 5) is 24.2. The molecular formula is C18H14F3N3O4. The fraction of sp³-hybridized carbons (Fsp3) is 0.278. The van der Waals surface area contributed by atoms with Gasteiger partial charge >= 0.3 is 12.1 Å². The minimum absolute atomic E-state index is 0.0223. The molecule has 28 heavy (non-hydrogen) atoms. The van der Waals surface area contributed by atoms with Crippen LogP contribution in [0.3, 0.4) is 0 Å². The van der Waals surface area contributed by atoms with Gasteiger partial charge in [-0.15, -0.1) is 0 Å². The molecule has 4 rings (SSSR count). The molecule has 0 bridgehead atoms. The Hall–Kier alpha value is -3.30. The van der Waals surface area contributed by atoms with Gasteiger partial charge in [0.15, 0.2) is 6.10 Å². The minimum Gasteiger partial charge on any atom is -0.480 e. The zero-order valence-electron chi connectivity index (χ0n) is 14.5. The van der Waals surface area contributed by atoms with Crippen molar-refractivity contribution in [3.8, 4) is 17.0 Å². The molecule has 0 amide bonds. The van der Waals surface area contributed by atoms with E-state index in [2.05, 4.69) is 10.2 Å². The zero-order valence-corrected chi connectivity index (χ0v) is 14.5. The number of hydrogen-bond acceptors (Lipinski definition) is 5. The summed E-state index contributed by atoms with van der Waals surface area (Å²) in [5, 5.41) is 6.06. The van der Waals surface area contributed by atoms with Gasteiger partial charge in [-0.3, -0.25) is 4.79 Å². The van der Waals surface area contributed by atoms with Crippen LogP contribution < -0.4 is 10.3 Å². The van der Waals surface area contributed by atoms with E-state index in [1.807, 2.05) is 0 Å². The van der Waals surface area contributed by atoms with Crippen LogP contribution in [0.15, 0.2) is 41.5 Å². The highest BCUT2D eigenvalue weighted by Crippen LogP contribution is 2.42. The zero-order chi connectivity index (χ0) is 20.1. The number of rotatable bonds is 2. The van der Waals surface area contributed by atoms with Crippen LogP contribution in [0, 0.1) is 0 Å². The van der Waals surface area contributed by atoms with E-state index < -0.39 is 36.3 Å². The molecule has 1 N–H and O–H groups in total. The number of carbonyl (C=O) groups is 1. The smallest absolute Gasteiger partial charge is 0.425 e. The third kappa shape index (κ3) is 2.90. The average molecular weight is 393 g/mol. The third-order valence-corrected chi connectivity index (χ3v) is 4.70. The van der Waals surface area contributed by atoms with E-state index >= 15 is 0 Å². The molecule has 7 nitrogen and oxygen atoms in total. The number of benzene rings is 1. The molecule has 1 aromatic rings. The van der Waals surface area contributed by atoms with E-state index in [0.29, 0.717) is 5.56 Å². The second kappa shape index (κ2) is 6.39. The number of para-hydroxylation sites is 1. The molecule has 0 saturated carbocycles. The number of methoxy groups -OCH3 is 1. The Morgan fingerprint density at radius 1 is 1.32 bits per heavy atom. The topological polar surface area (TPSA) is 86.2 Å². The molecule has 0 aliphatic carbocycles. The Kier molecular flexibility index (Phi) is 4.13. The number of aromatic amines is 1. The molecule has 2 atom stereocenters. The summed E-state index contributed by atoms with van der Waals surface area (Å²) in [5.74, 6) is -0.651. The van der Waals surface area contributed by atoms with Crippen molar-refractivity contribution in [3.63, 3.8) is 0 Å². The molecule has 3 aliphatic heterocycles. The lowest BCUT2D eigenvalue weighted by atomic mass is 9.95. The fourth-order valence-electron chi connectivity index (χ4n) is 3.37. The SMILES string of the molecule is COC(=O)c1cn([C@@H]2C[C@H](C(F)(F)F)Oc3ccccc32)cc2c(=O)[nH]nc1-2. The molecule has 10 heteroatoms. The van der Waals surface area contributed by atoms with E-state index in [4.69, 9.17) is 9.47 Å². The van der Waals surface area contributed by atoms with Crippen molar-refractivity contribution >= 4 is 5.97 Å². The number of pyridine rings is 1. The molecule has 0 unspecified atom stereocenters. The quantitative estimate of drug-likeness (QED) is 0.677. The largest absolute Gasteiger partial charge is 0.480 e. The number of carbonyl (C=O) groups excluding carboxylic acids is 1. The van der Waals surface area contributed by atoms with Crippen molar-refractivity contribution in [2.75, 3.05) is 7.11 Å². The minimum atomic E-state index is -4.57. The molecule has 3 heterocycles. The molecule has 0 fully saturated rings. The summed E-state index contributed by atoms with van der Waals surface area (Å²) < 4.78 is 51.4. The standard InChI is InChI=1S/C18H14F3N3O4/c1-27-17(26)11-8-24(7-10-15(11)22-23-16(10)25)12-6-14(18(19,20)21)28-13-5-3-2-4-9(12)13/h2-5,7-8,12,14H,6H2,1H3,(H,23,25)/t12-,14-/m1/s1. The van der Waals surface area contributed by atoms with E-state index in [1.165, 1.54) is 30.1 Å². The van der Waals surface area contributed by atoms with Crippen molar-refractivity contribution in [2.24, 2.45) is 0 Å². The Balaban J connectivity index is 1.91. The lowest BCUT2D eigenvalue weighted by Gasteiger charge is -2.34. The highest BCUT2D eigenvalue weighted by molar-refractivity contribution is 5.96. The number of H-pyrrole nitrogens is 1. The molecule has 0 radical (unpaired) electrons. The maximum Gasteiger partial charge on any atom is 0.425 e. The summed E-state index contributed by atoms with van der Waals surface area (Å²) in [5.41, 5.74) is 0.114. The number of alkyl halides is 3. The Labute approximate surface area is 156 Å². The van der Waals surface area contributed by atoms with Crippen molar-refractivity contribution in [2.45, 2.75) is 24.7 Å². The van der Waals surface area contributed by atoms with Crippen molar-refractivity contribution < 1.29 is 27.4 Å². The first-order valence-corrected chi connectivity index (χ1v) is 8.30. The lowest BCUT2D eigenvalue weighted by Crippen LogP contribution is -2.40. The predicted molar refractivity (Wildman–Crippen MR) is 90.5 cm³/mol. The molecule has 0 saturated heterocycles. The molecule has 1 aromatic carbocycles. The molecule has 146 valence electrons. The van der Waals surface area contributed by atoms with Gasteiger partial charge in [-0.1, -0.05) is 18.2 Å². The van der Waals surface area contributed by atoms with Crippen molar-refractivity contribution in [3.05, 3.63) is 58.1 Å². The number of esters is 1. The first-order chi connectivity index (χ1) is 13.3. The van der Waals surface area contributed by atoms with Crippen LogP contribution in [-0.4, -0.2) is 40.1 Å². The van der Waals surface area contributed by atoms with Gasteiger partial charge in [-0.2, -0.15) is 18.3 Å². The average Bonchev–Trinajstić information content (AvgIpc) is 3.06. The van der Waals surface area contributed by atoms with Gasteiger partial charge in [0.2, 0.25) is 0 Å². The molecule has 0 aromatic heterocycles. The Morgan fingerprint density at radius 3 is 2.79 bits per heavy atom. The maximum absolute atomic E-state index is 13.4. The van der Waals surface area contributed by atoms with Crippen LogP contribution in [0.2, 0.25) is 0 Å². The highest BCUT2D eigenvalue weighted by atomic mass is 19.4. The van der Waals surface area contributed by atoms with E-state index in [9.17, 15) is 22.8 Å². The first-order valence-electron chi connectivity index (χ1n) is 8.30. The number of nitrogens with zero attached hydrogens (tertiary/aromatic N) is 2. The number of hydrogen-bond donors (Lipinski definition) is 1.